The summed E-state index contributed by atoms with van der Waals surface area (Å²) < 4.78 is 5.58. The van der Waals surface area contributed by atoms with Crippen LogP contribution in [0.25, 0.3) is 0 Å². The first-order valence-corrected chi connectivity index (χ1v) is 8.92. The Balaban J connectivity index is 1.75. The van der Waals surface area contributed by atoms with E-state index in [0.29, 0.717) is 5.56 Å². The van der Waals surface area contributed by atoms with E-state index in [9.17, 15) is 9.90 Å². The number of nitrogens with zero attached hydrogens (tertiary/aromatic N) is 1. The van der Waals surface area contributed by atoms with Crippen LogP contribution in [0.4, 0.5) is 0 Å². The van der Waals surface area contributed by atoms with Crippen molar-refractivity contribution in [2.75, 3.05) is 26.7 Å². The van der Waals surface area contributed by atoms with Gasteiger partial charge in [-0.05, 0) is 37.4 Å². The van der Waals surface area contributed by atoms with Crippen molar-refractivity contribution in [3.8, 4) is 0 Å². The Kier molecular flexibility index (Phi) is 5.36. The zero-order chi connectivity index (χ0) is 17.0. The first-order chi connectivity index (χ1) is 11.6. The number of ether oxygens (including phenoxy) is 1. The Labute approximate surface area is 144 Å². The number of benzene rings is 1. The van der Waals surface area contributed by atoms with Gasteiger partial charge in [0.2, 0.25) is 0 Å². The highest BCUT2D eigenvalue weighted by molar-refractivity contribution is 5.81. The molecule has 130 valence electrons. The average molecular weight is 329 g/mol. The number of carbonyl (C=O) groups is 1. The molecule has 1 aliphatic heterocycles. The van der Waals surface area contributed by atoms with E-state index in [1.165, 1.54) is 0 Å². The van der Waals surface area contributed by atoms with Crippen LogP contribution in [0.2, 0.25) is 0 Å². The number of hydrogen-bond acceptors (Lipinski definition) is 4. The number of hydrogen-bond donors (Lipinski definition) is 1. The van der Waals surface area contributed by atoms with Crippen LogP contribution in [0.1, 0.15) is 37.7 Å². The minimum absolute atomic E-state index is 0.0598. The molecule has 0 amide bonds. The van der Waals surface area contributed by atoms with Crippen LogP contribution in [0.3, 0.4) is 0 Å². The molecule has 0 saturated heterocycles. The lowest BCUT2D eigenvalue weighted by Gasteiger charge is -2.32. The van der Waals surface area contributed by atoms with Crippen LogP contribution < -0.4 is 0 Å². The highest BCUT2D eigenvalue weighted by Crippen LogP contribution is 2.41. The van der Waals surface area contributed by atoms with E-state index in [0.717, 1.165) is 50.8 Å². The first kappa shape index (κ1) is 17.2. The highest BCUT2D eigenvalue weighted by atomic mass is 16.5. The molecule has 1 atom stereocenters. The molecule has 1 heterocycles. The van der Waals surface area contributed by atoms with Gasteiger partial charge in [-0.3, -0.25) is 0 Å². The van der Waals surface area contributed by atoms with E-state index >= 15 is 0 Å². The SMILES string of the molecule is CN1CCC=C(COC(=O)[C@@](O)(c2ccccc2)C2CCCC2)C1. The Morgan fingerprint density at radius 2 is 2.00 bits per heavy atom. The van der Waals surface area contributed by atoms with E-state index in [-0.39, 0.29) is 12.5 Å². The van der Waals surface area contributed by atoms with Crippen molar-refractivity contribution < 1.29 is 14.6 Å². The normalized spacial score (nSPS) is 22.0. The maximum atomic E-state index is 12.9. The third kappa shape index (κ3) is 3.55. The van der Waals surface area contributed by atoms with E-state index in [4.69, 9.17) is 4.74 Å². The lowest BCUT2D eigenvalue weighted by Crippen LogP contribution is -2.44. The lowest BCUT2D eigenvalue weighted by atomic mass is 9.80. The Morgan fingerprint density at radius 1 is 1.29 bits per heavy atom. The van der Waals surface area contributed by atoms with Crippen molar-refractivity contribution in [1.82, 2.24) is 4.90 Å². The molecular weight excluding hydrogens is 302 g/mol. The number of esters is 1. The molecule has 24 heavy (non-hydrogen) atoms. The summed E-state index contributed by atoms with van der Waals surface area (Å²) in [7, 11) is 2.06. The molecule has 0 spiro atoms. The Bertz CT molecular complexity index is 592. The van der Waals surface area contributed by atoms with Crippen molar-refractivity contribution in [3.63, 3.8) is 0 Å². The third-order valence-corrected chi connectivity index (χ3v) is 5.28. The Morgan fingerprint density at radius 3 is 2.67 bits per heavy atom. The van der Waals surface area contributed by atoms with Gasteiger partial charge < -0.3 is 14.7 Å². The standard InChI is InChI=1S/C20H27NO3/c1-21-13-7-8-16(14-21)15-24-19(22)20(23,18-11-5-6-12-18)17-9-3-2-4-10-17/h2-4,8-10,18,23H,5-7,11-15H2,1H3/t20-/m1/s1. The van der Waals surface area contributed by atoms with Gasteiger partial charge in [0, 0.05) is 19.0 Å². The molecule has 1 aromatic carbocycles. The van der Waals surface area contributed by atoms with Gasteiger partial charge in [0.25, 0.3) is 0 Å². The summed E-state index contributed by atoms with van der Waals surface area (Å²) in [5.41, 5.74) is 0.231. The maximum absolute atomic E-state index is 12.9. The molecule has 1 aromatic rings. The fourth-order valence-electron chi connectivity index (χ4n) is 3.91. The van der Waals surface area contributed by atoms with Gasteiger partial charge in [0.15, 0.2) is 5.60 Å². The van der Waals surface area contributed by atoms with Crippen LogP contribution >= 0.6 is 0 Å². The summed E-state index contributed by atoms with van der Waals surface area (Å²) >= 11 is 0. The summed E-state index contributed by atoms with van der Waals surface area (Å²) in [6.45, 7) is 2.12. The van der Waals surface area contributed by atoms with Crippen molar-refractivity contribution in [2.24, 2.45) is 5.92 Å². The molecule has 4 heteroatoms. The minimum Gasteiger partial charge on any atom is -0.459 e. The largest absolute Gasteiger partial charge is 0.459 e. The van der Waals surface area contributed by atoms with E-state index in [1.807, 2.05) is 30.3 Å². The van der Waals surface area contributed by atoms with Gasteiger partial charge >= 0.3 is 5.97 Å². The molecule has 1 N–H and O–H groups in total. The average Bonchev–Trinajstić information content (AvgIpc) is 3.15. The summed E-state index contributed by atoms with van der Waals surface area (Å²) in [5.74, 6) is -0.565. The molecule has 2 aliphatic rings. The monoisotopic (exact) mass is 329 g/mol. The molecule has 0 aromatic heterocycles. The van der Waals surface area contributed by atoms with E-state index < -0.39 is 11.6 Å². The van der Waals surface area contributed by atoms with Gasteiger partial charge in [-0.1, -0.05) is 49.2 Å². The number of carbonyl (C=O) groups excluding carboxylic acids is 1. The maximum Gasteiger partial charge on any atom is 0.343 e. The summed E-state index contributed by atoms with van der Waals surface area (Å²) in [4.78, 5) is 15.1. The van der Waals surface area contributed by atoms with Gasteiger partial charge in [0.1, 0.15) is 6.61 Å². The van der Waals surface area contributed by atoms with Crippen LogP contribution in [0, 0.1) is 5.92 Å². The van der Waals surface area contributed by atoms with Crippen LogP contribution in [0.5, 0.6) is 0 Å². The second kappa shape index (κ2) is 7.49. The fraction of sp³-hybridized carbons (Fsp3) is 0.550. The molecule has 1 saturated carbocycles. The number of likely N-dealkylation sites (N-methyl/N-ethyl adjacent to an activating group) is 1. The van der Waals surface area contributed by atoms with Crippen LogP contribution in [-0.2, 0) is 15.1 Å². The summed E-state index contributed by atoms with van der Waals surface area (Å²) in [6.07, 6.45) is 6.98. The van der Waals surface area contributed by atoms with Crippen molar-refractivity contribution in [3.05, 3.63) is 47.5 Å². The molecular formula is C20H27NO3. The van der Waals surface area contributed by atoms with Crippen LogP contribution in [-0.4, -0.2) is 42.7 Å². The zero-order valence-corrected chi connectivity index (χ0v) is 14.4. The number of rotatable bonds is 5. The smallest absolute Gasteiger partial charge is 0.343 e. The molecule has 0 bridgehead atoms. The number of aliphatic hydroxyl groups is 1. The minimum atomic E-state index is -1.53. The lowest BCUT2D eigenvalue weighted by molar-refractivity contribution is -0.172. The predicted octanol–water partition coefficient (Wildman–Crippen LogP) is 2.87. The first-order valence-electron chi connectivity index (χ1n) is 8.92. The third-order valence-electron chi connectivity index (χ3n) is 5.28. The quantitative estimate of drug-likeness (QED) is 0.667. The van der Waals surface area contributed by atoms with Crippen molar-refractivity contribution in [1.29, 1.82) is 0 Å². The summed E-state index contributed by atoms with van der Waals surface area (Å²) in [6, 6.07) is 9.27. The second-order valence-electron chi connectivity index (χ2n) is 7.08. The van der Waals surface area contributed by atoms with Gasteiger partial charge in [-0.2, -0.15) is 0 Å². The molecule has 1 aliphatic carbocycles. The zero-order valence-electron chi connectivity index (χ0n) is 14.4. The van der Waals surface area contributed by atoms with Gasteiger partial charge in [-0.25, -0.2) is 4.79 Å². The topological polar surface area (TPSA) is 49.8 Å². The van der Waals surface area contributed by atoms with Crippen LogP contribution in [0.15, 0.2) is 42.0 Å². The second-order valence-corrected chi connectivity index (χ2v) is 7.08. The van der Waals surface area contributed by atoms with E-state index in [1.54, 1.807) is 0 Å². The summed E-state index contributed by atoms with van der Waals surface area (Å²) in [5, 5.41) is 11.3. The predicted molar refractivity (Wildman–Crippen MR) is 93.5 cm³/mol. The van der Waals surface area contributed by atoms with Gasteiger partial charge in [-0.15, -0.1) is 0 Å². The molecule has 1 fully saturated rings. The van der Waals surface area contributed by atoms with Crippen molar-refractivity contribution >= 4 is 5.97 Å². The fourth-order valence-corrected chi connectivity index (χ4v) is 3.91. The molecule has 3 rings (SSSR count). The van der Waals surface area contributed by atoms with Gasteiger partial charge in [0.05, 0.1) is 0 Å². The molecule has 4 nitrogen and oxygen atoms in total. The highest BCUT2D eigenvalue weighted by Gasteiger charge is 2.47. The Hall–Kier alpha value is -1.65. The molecule has 0 radical (unpaired) electrons. The van der Waals surface area contributed by atoms with E-state index in [2.05, 4.69) is 18.0 Å². The molecule has 0 unspecified atom stereocenters. The van der Waals surface area contributed by atoms with Crippen molar-refractivity contribution in [2.45, 2.75) is 37.7 Å².